The molecule has 0 radical (unpaired) electrons. The molecular weight excluding hydrogens is 369 g/mol. The number of amides is 1. The van der Waals surface area contributed by atoms with Gasteiger partial charge in [0.25, 0.3) is 0 Å². The first-order chi connectivity index (χ1) is 13.0. The van der Waals surface area contributed by atoms with Crippen molar-refractivity contribution in [2.75, 3.05) is 0 Å². The molecule has 8 heteroatoms. The number of terminal acetylenes is 1. The van der Waals surface area contributed by atoms with Gasteiger partial charge in [-0.25, -0.2) is 9.18 Å². The summed E-state index contributed by atoms with van der Waals surface area (Å²) in [6, 6.07) is -0.799. The first kappa shape index (κ1) is 23.9. The normalized spacial score (nSPS) is 31.9. The topological polar surface area (TPSA) is 102 Å². The van der Waals surface area contributed by atoms with Gasteiger partial charge >= 0.3 is 11.9 Å². The zero-order valence-electron chi connectivity index (χ0n) is 17.0. The van der Waals surface area contributed by atoms with Crippen LogP contribution in [-0.4, -0.2) is 53.0 Å². The van der Waals surface area contributed by atoms with Gasteiger partial charge in [0.05, 0.1) is 12.1 Å². The first-order valence-corrected chi connectivity index (χ1v) is 9.44. The molecule has 2 N–H and O–H groups in total. The van der Waals surface area contributed by atoms with Crippen molar-refractivity contribution in [3.63, 3.8) is 0 Å². The summed E-state index contributed by atoms with van der Waals surface area (Å²) in [6.07, 6.45) is 2.63. The van der Waals surface area contributed by atoms with Crippen molar-refractivity contribution in [3.05, 3.63) is 0 Å². The SMILES string of the molecule is C#CCCC(=O)N[C@H]1C([C@H](C)[C@@H](CC)OC(C)=O)O[C@@](C)(C(=O)O)C(F)[C@H]1C. The van der Waals surface area contributed by atoms with Crippen molar-refractivity contribution in [1.29, 1.82) is 0 Å². The van der Waals surface area contributed by atoms with Crippen molar-refractivity contribution < 1.29 is 33.4 Å². The number of carbonyl (C=O) groups excluding carboxylic acids is 2. The molecule has 1 aliphatic rings. The van der Waals surface area contributed by atoms with Crippen molar-refractivity contribution >= 4 is 17.8 Å². The monoisotopic (exact) mass is 399 g/mol. The van der Waals surface area contributed by atoms with Gasteiger partial charge in [0.15, 0.2) is 5.60 Å². The molecule has 1 saturated heterocycles. The van der Waals surface area contributed by atoms with Crippen molar-refractivity contribution in [2.24, 2.45) is 11.8 Å². The Morgan fingerprint density at radius 3 is 2.50 bits per heavy atom. The maximum Gasteiger partial charge on any atom is 0.338 e. The molecule has 2 unspecified atom stereocenters. The summed E-state index contributed by atoms with van der Waals surface area (Å²) >= 11 is 0. The van der Waals surface area contributed by atoms with Crippen LogP contribution in [0.4, 0.5) is 4.39 Å². The Morgan fingerprint density at radius 1 is 1.43 bits per heavy atom. The third-order valence-electron chi connectivity index (χ3n) is 5.36. The highest BCUT2D eigenvalue weighted by Gasteiger charge is 2.57. The second kappa shape index (κ2) is 9.87. The van der Waals surface area contributed by atoms with Crippen molar-refractivity contribution in [2.45, 2.75) is 83.9 Å². The molecule has 28 heavy (non-hydrogen) atoms. The maximum atomic E-state index is 15.0. The van der Waals surface area contributed by atoms with E-state index >= 15 is 0 Å². The number of aliphatic carboxylic acids is 1. The number of hydrogen-bond donors (Lipinski definition) is 2. The lowest BCUT2D eigenvalue weighted by molar-refractivity contribution is -0.226. The van der Waals surface area contributed by atoms with Crippen LogP contribution in [0.2, 0.25) is 0 Å². The molecule has 1 amide bonds. The third-order valence-corrected chi connectivity index (χ3v) is 5.36. The molecule has 0 aromatic rings. The fraction of sp³-hybridized carbons (Fsp3) is 0.750. The van der Waals surface area contributed by atoms with Gasteiger partial charge in [-0.05, 0) is 13.3 Å². The smallest absolute Gasteiger partial charge is 0.338 e. The van der Waals surface area contributed by atoms with E-state index in [0.29, 0.717) is 6.42 Å². The van der Waals surface area contributed by atoms with Gasteiger partial charge < -0.3 is 19.9 Å². The fourth-order valence-electron chi connectivity index (χ4n) is 3.65. The molecule has 7 atom stereocenters. The number of esters is 1. The van der Waals surface area contributed by atoms with E-state index in [0.717, 1.165) is 0 Å². The minimum absolute atomic E-state index is 0.0646. The Bertz CT molecular complexity index is 633. The summed E-state index contributed by atoms with van der Waals surface area (Å²) < 4.78 is 26.0. The summed E-state index contributed by atoms with van der Waals surface area (Å²) in [5, 5.41) is 12.3. The van der Waals surface area contributed by atoms with Crippen LogP contribution in [0, 0.1) is 24.2 Å². The number of rotatable bonds is 8. The van der Waals surface area contributed by atoms with Gasteiger partial charge in [0.2, 0.25) is 5.91 Å². The molecule has 1 heterocycles. The van der Waals surface area contributed by atoms with E-state index in [4.69, 9.17) is 15.9 Å². The molecule has 1 fully saturated rings. The number of halogens is 1. The predicted molar refractivity (Wildman–Crippen MR) is 100.0 cm³/mol. The predicted octanol–water partition coefficient (Wildman–Crippen LogP) is 2.08. The van der Waals surface area contributed by atoms with E-state index in [9.17, 15) is 23.9 Å². The summed E-state index contributed by atoms with van der Waals surface area (Å²) in [6.45, 7) is 7.53. The van der Waals surface area contributed by atoms with Crippen LogP contribution in [0.5, 0.6) is 0 Å². The van der Waals surface area contributed by atoms with Crippen LogP contribution >= 0.6 is 0 Å². The van der Waals surface area contributed by atoms with Crippen LogP contribution in [0.1, 0.15) is 53.9 Å². The molecular formula is C20H30FNO6. The fourth-order valence-corrected chi connectivity index (χ4v) is 3.65. The largest absolute Gasteiger partial charge is 0.479 e. The van der Waals surface area contributed by atoms with E-state index in [-0.39, 0.29) is 18.7 Å². The Labute approximate surface area is 165 Å². The molecule has 0 bridgehead atoms. The number of carbonyl (C=O) groups is 3. The number of carboxylic acids is 1. The molecule has 1 aliphatic heterocycles. The van der Waals surface area contributed by atoms with Crippen LogP contribution in [-0.2, 0) is 23.9 Å². The molecule has 7 nitrogen and oxygen atoms in total. The van der Waals surface area contributed by atoms with Crippen LogP contribution < -0.4 is 5.32 Å². The first-order valence-electron chi connectivity index (χ1n) is 9.44. The Balaban J connectivity index is 3.23. The molecule has 0 aromatic carbocycles. The second-order valence-corrected chi connectivity index (χ2v) is 7.47. The standard InChI is InChI=1S/C20H30FNO6/c1-7-9-10-15(24)22-16-12(4)18(21)20(6,19(25)26)28-17(16)11(3)14(8-2)27-13(5)23/h1,11-12,14,16-18H,8-10H2,2-6H3,(H,22,24)(H,25,26)/t11-,12+,14-,16-,17?,18?,20-/m1/s1. The molecule has 0 aliphatic carbocycles. The van der Waals surface area contributed by atoms with Gasteiger partial charge in [-0.1, -0.05) is 20.8 Å². The summed E-state index contributed by atoms with van der Waals surface area (Å²) in [4.78, 5) is 35.4. The maximum absolute atomic E-state index is 15.0. The summed E-state index contributed by atoms with van der Waals surface area (Å²) in [5.41, 5.74) is -2.08. The Kier molecular flexibility index (Phi) is 8.43. The molecule has 0 aromatic heterocycles. The quantitative estimate of drug-likeness (QED) is 0.479. The van der Waals surface area contributed by atoms with Gasteiger partial charge in [-0.3, -0.25) is 9.59 Å². The number of alkyl halides is 1. The van der Waals surface area contributed by atoms with Crippen molar-refractivity contribution in [3.8, 4) is 12.3 Å². The van der Waals surface area contributed by atoms with E-state index < -0.39 is 53.8 Å². The minimum Gasteiger partial charge on any atom is -0.479 e. The van der Waals surface area contributed by atoms with E-state index in [2.05, 4.69) is 11.2 Å². The highest BCUT2D eigenvalue weighted by molar-refractivity contribution is 5.79. The zero-order chi connectivity index (χ0) is 21.6. The number of carboxylic acid groups (broad SMARTS) is 1. The molecule has 1 rings (SSSR count). The van der Waals surface area contributed by atoms with Crippen LogP contribution in [0.3, 0.4) is 0 Å². The van der Waals surface area contributed by atoms with Gasteiger partial charge in [-0.15, -0.1) is 12.3 Å². The molecule has 0 saturated carbocycles. The number of ether oxygens (including phenoxy) is 2. The Hall–Kier alpha value is -2.14. The lowest BCUT2D eigenvalue weighted by atomic mass is 9.75. The van der Waals surface area contributed by atoms with Gasteiger partial charge in [0.1, 0.15) is 12.3 Å². The third kappa shape index (κ3) is 5.22. The van der Waals surface area contributed by atoms with E-state index in [1.54, 1.807) is 6.92 Å². The zero-order valence-corrected chi connectivity index (χ0v) is 17.0. The highest BCUT2D eigenvalue weighted by Crippen LogP contribution is 2.39. The average Bonchev–Trinajstić information content (AvgIpc) is 2.63. The molecule has 158 valence electrons. The minimum atomic E-state index is -2.08. The second-order valence-electron chi connectivity index (χ2n) is 7.47. The van der Waals surface area contributed by atoms with Crippen LogP contribution in [0.15, 0.2) is 0 Å². The van der Waals surface area contributed by atoms with Gasteiger partial charge in [-0.2, -0.15) is 0 Å². The average molecular weight is 399 g/mol. The number of nitrogens with one attached hydrogen (secondary N) is 1. The van der Waals surface area contributed by atoms with E-state index in [1.807, 2.05) is 6.92 Å². The van der Waals surface area contributed by atoms with Crippen molar-refractivity contribution in [1.82, 2.24) is 5.32 Å². The lowest BCUT2D eigenvalue weighted by Gasteiger charge is -2.49. The van der Waals surface area contributed by atoms with E-state index in [1.165, 1.54) is 20.8 Å². The number of hydrogen-bond acceptors (Lipinski definition) is 5. The summed E-state index contributed by atoms with van der Waals surface area (Å²) in [7, 11) is 0. The summed E-state index contributed by atoms with van der Waals surface area (Å²) in [5.74, 6) is -1.25. The Morgan fingerprint density at radius 2 is 2.04 bits per heavy atom. The molecule has 0 spiro atoms. The highest BCUT2D eigenvalue weighted by atomic mass is 19.1. The van der Waals surface area contributed by atoms with Crippen LogP contribution in [0.25, 0.3) is 0 Å². The lowest BCUT2D eigenvalue weighted by Crippen LogP contribution is -2.67. The van der Waals surface area contributed by atoms with Gasteiger partial charge in [0, 0.05) is 31.6 Å².